The van der Waals surface area contributed by atoms with Gasteiger partial charge in [0.05, 0.1) is 11.8 Å². The summed E-state index contributed by atoms with van der Waals surface area (Å²) in [6.45, 7) is 0. The molecular weight excluding hydrogens is 250 g/mol. The molecule has 0 atom stereocenters. The zero-order chi connectivity index (χ0) is 13.8. The molecule has 0 aliphatic heterocycles. The molecule has 0 aliphatic rings. The minimum atomic E-state index is -0.464. The Morgan fingerprint density at radius 2 is 1.26 bits per heavy atom. The van der Waals surface area contributed by atoms with Gasteiger partial charge in [-0.2, -0.15) is 0 Å². The molecule has 0 aromatic heterocycles. The van der Waals surface area contributed by atoms with Crippen LogP contribution in [-0.4, -0.2) is 10.9 Å². The van der Waals surface area contributed by atoms with Gasteiger partial charge >= 0.3 is 0 Å². The monoisotopic (exact) mass is 260 g/mol. The van der Waals surface area contributed by atoms with Gasteiger partial charge in [0.1, 0.15) is 11.6 Å². The molecule has 0 unspecified atom stereocenters. The Hall–Kier alpha value is -2.49. The van der Waals surface area contributed by atoms with E-state index >= 15 is 0 Å². The lowest BCUT2D eigenvalue weighted by Gasteiger charge is -2.05. The molecular formula is C15H10F2O2. The summed E-state index contributed by atoms with van der Waals surface area (Å²) in [6, 6.07) is 10.1. The molecule has 2 aromatic rings. The number of hydrogen-bond acceptors (Lipinski definition) is 2. The van der Waals surface area contributed by atoms with Crippen LogP contribution in [0.2, 0.25) is 0 Å². The normalized spacial score (nSPS) is 11.4. The molecule has 0 aliphatic carbocycles. The van der Waals surface area contributed by atoms with Crippen molar-refractivity contribution in [2.75, 3.05) is 0 Å². The highest BCUT2D eigenvalue weighted by molar-refractivity contribution is 6.28. The minimum Gasteiger partial charge on any atom is -0.515 e. The molecule has 2 aromatic carbocycles. The third-order valence-electron chi connectivity index (χ3n) is 2.64. The smallest absolute Gasteiger partial charge is 0.196 e. The first-order valence-electron chi connectivity index (χ1n) is 5.52. The van der Waals surface area contributed by atoms with E-state index in [1.54, 1.807) is 0 Å². The highest BCUT2D eigenvalue weighted by atomic mass is 19.1. The molecule has 0 amide bonds. The van der Waals surface area contributed by atoms with E-state index in [2.05, 4.69) is 0 Å². The number of ketones is 1. The van der Waals surface area contributed by atoms with Crippen molar-refractivity contribution in [1.82, 2.24) is 0 Å². The van der Waals surface area contributed by atoms with Gasteiger partial charge in [-0.15, -0.1) is 0 Å². The predicted molar refractivity (Wildman–Crippen MR) is 67.7 cm³/mol. The SMILES string of the molecule is O=C(C(=CO)c1ccc(F)cc1)c1ccc(F)cc1. The first kappa shape index (κ1) is 13.0. The Labute approximate surface area is 108 Å². The molecule has 2 rings (SSSR count). The molecule has 0 fully saturated rings. The maximum atomic E-state index is 12.8. The van der Waals surface area contributed by atoms with E-state index in [9.17, 15) is 18.7 Å². The molecule has 96 valence electrons. The Balaban J connectivity index is 2.35. The largest absolute Gasteiger partial charge is 0.515 e. The van der Waals surface area contributed by atoms with Gasteiger partial charge in [0.2, 0.25) is 0 Å². The second kappa shape index (κ2) is 5.44. The number of Topliss-reactive ketones (excluding diaryl/α,β-unsaturated/α-hetero) is 1. The van der Waals surface area contributed by atoms with Crippen LogP contribution in [0.5, 0.6) is 0 Å². The Kier molecular flexibility index (Phi) is 3.71. The summed E-state index contributed by atoms with van der Waals surface area (Å²) < 4.78 is 25.6. The van der Waals surface area contributed by atoms with Crippen LogP contribution in [0.15, 0.2) is 54.8 Å². The number of rotatable bonds is 3. The summed E-state index contributed by atoms with van der Waals surface area (Å²) in [7, 11) is 0. The number of benzene rings is 2. The maximum Gasteiger partial charge on any atom is 0.196 e. The van der Waals surface area contributed by atoms with E-state index in [0.717, 1.165) is 12.1 Å². The van der Waals surface area contributed by atoms with E-state index < -0.39 is 17.4 Å². The summed E-state index contributed by atoms with van der Waals surface area (Å²) in [4.78, 5) is 12.1. The predicted octanol–water partition coefficient (Wildman–Crippen LogP) is 3.75. The second-order valence-electron chi connectivity index (χ2n) is 3.89. The maximum absolute atomic E-state index is 12.8. The van der Waals surface area contributed by atoms with Crippen LogP contribution < -0.4 is 0 Å². The van der Waals surface area contributed by atoms with Crippen molar-refractivity contribution >= 4 is 11.4 Å². The van der Waals surface area contributed by atoms with Crippen molar-refractivity contribution in [2.24, 2.45) is 0 Å². The fourth-order valence-electron chi connectivity index (χ4n) is 1.65. The van der Waals surface area contributed by atoms with Crippen LogP contribution >= 0.6 is 0 Å². The third kappa shape index (κ3) is 2.85. The topological polar surface area (TPSA) is 37.3 Å². The number of aliphatic hydroxyl groups is 1. The van der Waals surface area contributed by atoms with E-state index in [1.807, 2.05) is 0 Å². The van der Waals surface area contributed by atoms with Gasteiger partial charge in [0, 0.05) is 5.56 Å². The van der Waals surface area contributed by atoms with Crippen LogP contribution in [-0.2, 0) is 0 Å². The van der Waals surface area contributed by atoms with Gasteiger partial charge in [-0.1, -0.05) is 12.1 Å². The Morgan fingerprint density at radius 1 is 0.842 bits per heavy atom. The minimum absolute atomic E-state index is 0.0200. The average Bonchev–Trinajstić information content (AvgIpc) is 2.42. The Morgan fingerprint density at radius 3 is 1.68 bits per heavy atom. The van der Waals surface area contributed by atoms with Crippen molar-refractivity contribution < 1.29 is 18.7 Å². The summed E-state index contributed by atoms with van der Waals surface area (Å²) in [5, 5.41) is 9.18. The van der Waals surface area contributed by atoms with Crippen LogP contribution in [0.1, 0.15) is 15.9 Å². The van der Waals surface area contributed by atoms with E-state index in [0.29, 0.717) is 11.8 Å². The van der Waals surface area contributed by atoms with E-state index in [1.165, 1.54) is 36.4 Å². The quantitative estimate of drug-likeness (QED) is 0.518. The molecule has 4 heteroatoms. The lowest BCUT2D eigenvalue weighted by Crippen LogP contribution is -2.03. The zero-order valence-corrected chi connectivity index (χ0v) is 9.81. The highest BCUT2D eigenvalue weighted by Crippen LogP contribution is 2.20. The summed E-state index contributed by atoms with van der Waals surface area (Å²) in [6.07, 6.45) is 0.666. The molecule has 0 radical (unpaired) electrons. The van der Waals surface area contributed by atoms with Crippen LogP contribution in [0.25, 0.3) is 5.57 Å². The van der Waals surface area contributed by atoms with Crippen molar-refractivity contribution in [3.05, 3.63) is 77.6 Å². The molecule has 0 bridgehead atoms. The first-order valence-corrected chi connectivity index (χ1v) is 5.52. The molecule has 19 heavy (non-hydrogen) atoms. The van der Waals surface area contributed by atoms with Crippen molar-refractivity contribution in [1.29, 1.82) is 0 Å². The molecule has 1 N–H and O–H groups in total. The number of aliphatic hydroxyl groups excluding tert-OH is 1. The van der Waals surface area contributed by atoms with Gasteiger partial charge in [-0.25, -0.2) is 8.78 Å². The highest BCUT2D eigenvalue weighted by Gasteiger charge is 2.14. The average molecular weight is 260 g/mol. The van der Waals surface area contributed by atoms with Crippen molar-refractivity contribution in [3.63, 3.8) is 0 Å². The lowest BCUT2D eigenvalue weighted by molar-refractivity contribution is 0.105. The number of carbonyl (C=O) groups excluding carboxylic acids is 1. The van der Waals surface area contributed by atoms with Gasteiger partial charge in [-0.3, -0.25) is 4.79 Å². The summed E-state index contributed by atoms with van der Waals surface area (Å²) in [5.74, 6) is -1.35. The fourth-order valence-corrected chi connectivity index (χ4v) is 1.65. The van der Waals surface area contributed by atoms with E-state index in [4.69, 9.17) is 0 Å². The molecule has 0 heterocycles. The molecule has 0 saturated carbocycles. The van der Waals surface area contributed by atoms with E-state index in [-0.39, 0.29) is 11.1 Å². The first-order chi connectivity index (χ1) is 9.11. The number of halogens is 2. The Bertz CT molecular complexity index is 614. The summed E-state index contributed by atoms with van der Waals surface area (Å²) in [5.41, 5.74) is 0.649. The van der Waals surface area contributed by atoms with Crippen LogP contribution in [0.3, 0.4) is 0 Å². The number of allylic oxidation sites excluding steroid dienone is 1. The molecule has 2 nitrogen and oxygen atoms in total. The molecule has 0 spiro atoms. The van der Waals surface area contributed by atoms with Gasteiger partial charge in [0.15, 0.2) is 5.78 Å². The zero-order valence-electron chi connectivity index (χ0n) is 9.81. The number of carbonyl (C=O) groups is 1. The molecule has 0 saturated heterocycles. The van der Waals surface area contributed by atoms with Gasteiger partial charge < -0.3 is 5.11 Å². The van der Waals surface area contributed by atoms with Gasteiger partial charge in [-0.05, 0) is 42.0 Å². The fraction of sp³-hybridized carbons (Fsp3) is 0. The van der Waals surface area contributed by atoms with Crippen molar-refractivity contribution in [2.45, 2.75) is 0 Å². The van der Waals surface area contributed by atoms with Crippen molar-refractivity contribution in [3.8, 4) is 0 Å². The standard InChI is InChI=1S/C15H10F2O2/c16-12-5-1-10(2-6-12)14(9-18)15(19)11-3-7-13(17)8-4-11/h1-9,18H. The van der Waals surface area contributed by atoms with Gasteiger partial charge in [0.25, 0.3) is 0 Å². The summed E-state index contributed by atoms with van der Waals surface area (Å²) >= 11 is 0. The second-order valence-corrected chi connectivity index (χ2v) is 3.89. The lowest BCUT2D eigenvalue weighted by atomic mass is 9.98. The van der Waals surface area contributed by atoms with Crippen LogP contribution in [0, 0.1) is 11.6 Å². The third-order valence-corrected chi connectivity index (χ3v) is 2.64. The van der Waals surface area contributed by atoms with Crippen LogP contribution in [0.4, 0.5) is 8.78 Å². The number of hydrogen-bond donors (Lipinski definition) is 1.